The quantitative estimate of drug-likeness (QED) is 0.526. The van der Waals surface area contributed by atoms with Gasteiger partial charge in [-0.15, -0.1) is 0 Å². The largest absolute Gasteiger partial charge is 0.294 e. The van der Waals surface area contributed by atoms with Gasteiger partial charge in [0.05, 0.1) is 0 Å². The van der Waals surface area contributed by atoms with Crippen LogP contribution in [-0.4, -0.2) is 5.78 Å². The first kappa shape index (κ1) is 15.5. The topological polar surface area (TPSA) is 17.1 Å². The van der Waals surface area contributed by atoms with Gasteiger partial charge in [-0.3, -0.25) is 4.79 Å². The lowest BCUT2D eigenvalue weighted by Gasteiger charge is -2.14. The first-order valence-electron chi connectivity index (χ1n) is 7.53. The van der Waals surface area contributed by atoms with Crippen molar-refractivity contribution in [2.75, 3.05) is 0 Å². The molecular weight excluding hydrogens is 304 g/mol. The van der Waals surface area contributed by atoms with Gasteiger partial charge in [-0.2, -0.15) is 0 Å². The van der Waals surface area contributed by atoms with Crippen LogP contribution in [-0.2, 0) is 0 Å². The molecule has 0 amide bonds. The fraction of sp³-hybridized carbons (Fsp3) is 0.0952. The molecule has 23 heavy (non-hydrogen) atoms. The Labute approximate surface area is 141 Å². The Hall–Kier alpha value is -2.38. The average Bonchev–Trinajstić information content (AvgIpc) is 2.55. The number of carbonyl (C=O) groups excluding carboxylic acids is 1. The maximum atomic E-state index is 12.1. The molecule has 0 N–H and O–H groups in total. The van der Waals surface area contributed by atoms with Gasteiger partial charge >= 0.3 is 0 Å². The second-order valence-corrected chi connectivity index (χ2v) is 6.08. The summed E-state index contributed by atoms with van der Waals surface area (Å²) in [6, 6.07) is 22.0. The molecule has 0 heterocycles. The normalized spacial score (nSPS) is 10.6. The van der Waals surface area contributed by atoms with Crippen molar-refractivity contribution in [1.29, 1.82) is 0 Å². The van der Waals surface area contributed by atoms with E-state index in [1.165, 1.54) is 0 Å². The minimum absolute atomic E-state index is 0.0760. The molecule has 0 saturated heterocycles. The van der Waals surface area contributed by atoms with Crippen LogP contribution in [0.25, 0.3) is 22.3 Å². The van der Waals surface area contributed by atoms with Gasteiger partial charge in [0.2, 0.25) is 0 Å². The van der Waals surface area contributed by atoms with E-state index in [9.17, 15) is 4.79 Å². The number of hydrogen-bond donors (Lipinski definition) is 0. The third-order valence-electron chi connectivity index (χ3n) is 3.95. The molecule has 3 rings (SSSR count). The zero-order valence-corrected chi connectivity index (χ0v) is 13.9. The van der Waals surface area contributed by atoms with Gasteiger partial charge in [-0.1, -0.05) is 60.1 Å². The summed E-state index contributed by atoms with van der Waals surface area (Å²) in [5, 5.41) is 0.689. The Morgan fingerprint density at radius 2 is 1.48 bits per heavy atom. The number of Topliss-reactive ketones (excluding diaryl/α,β-unsaturated/α-hetero) is 1. The summed E-state index contributed by atoms with van der Waals surface area (Å²) < 4.78 is 0. The Bertz CT molecular complexity index is 849. The van der Waals surface area contributed by atoms with E-state index < -0.39 is 0 Å². The molecule has 1 nitrogen and oxygen atoms in total. The lowest BCUT2D eigenvalue weighted by Crippen LogP contribution is -2.01. The SMILES string of the molecule is CC(=O)c1c(C)cc(-c2ccccc2)cc1-c1ccc(Cl)cc1. The summed E-state index contributed by atoms with van der Waals surface area (Å²) in [7, 11) is 0. The molecule has 0 spiro atoms. The van der Waals surface area contributed by atoms with E-state index in [0.29, 0.717) is 5.02 Å². The standard InChI is InChI=1S/C21H17ClO/c1-14-12-18(16-6-4-3-5-7-16)13-20(21(14)15(2)23)17-8-10-19(22)11-9-17/h3-13H,1-2H3. The Morgan fingerprint density at radius 3 is 2.09 bits per heavy atom. The van der Waals surface area contributed by atoms with Gasteiger partial charge in [0.25, 0.3) is 0 Å². The fourth-order valence-corrected chi connectivity index (χ4v) is 3.03. The van der Waals surface area contributed by atoms with Crippen LogP contribution in [0.1, 0.15) is 22.8 Å². The van der Waals surface area contributed by atoms with Crippen LogP contribution in [0.15, 0.2) is 66.7 Å². The molecule has 3 aromatic rings. The van der Waals surface area contributed by atoms with E-state index in [1.807, 2.05) is 49.4 Å². The number of benzene rings is 3. The molecule has 2 heteroatoms. The maximum absolute atomic E-state index is 12.1. The molecule has 114 valence electrons. The van der Waals surface area contributed by atoms with E-state index >= 15 is 0 Å². The van der Waals surface area contributed by atoms with Crippen molar-refractivity contribution in [3.63, 3.8) is 0 Å². The van der Waals surface area contributed by atoms with Crippen LogP contribution in [0, 0.1) is 6.92 Å². The summed E-state index contributed by atoms with van der Waals surface area (Å²) in [5.41, 5.74) is 5.96. The predicted molar refractivity (Wildman–Crippen MR) is 97.1 cm³/mol. The lowest BCUT2D eigenvalue weighted by molar-refractivity contribution is 0.101. The summed E-state index contributed by atoms with van der Waals surface area (Å²) in [6.07, 6.45) is 0. The van der Waals surface area contributed by atoms with Crippen LogP contribution in [0.3, 0.4) is 0 Å². The van der Waals surface area contributed by atoms with E-state index in [4.69, 9.17) is 11.6 Å². The highest BCUT2D eigenvalue weighted by molar-refractivity contribution is 6.30. The van der Waals surface area contributed by atoms with Gasteiger partial charge in [-0.25, -0.2) is 0 Å². The van der Waals surface area contributed by atoms with Crippen LogP contribution >= 0.6 is 11.6 Å². The predicted octanol–water partition coefficient (Wildman–Crippen LogP) is 6.19. The number of hydrogen-bond acceptors (Lipinski definition) is 1. The molecule has 0 aliphatic heterocycles. The first-order valence-corrected chi connectivity index (χ1v) is 7.91. The third-order valence-corrected chi connectivity index (χ3v) is 4.20. The van der Waals surface area contributed by atoms with Crippen molar-refractivity contribution in [2.24, 2.45) is 0 Å². The number of halogens is 1. The van der Waals surface area contributed by atoms with Crippen molar-refractivity contribution >= 4 is 17.4 Å². The van der Waals surface area contributed by atoms with Gasteiger partial charge in [0.1, 0.15) is 0 Å². The molecule has 0 atom stereocenters. The van der Waals surface area contributed by atoms with E-state index in [0.717, 1.165) is 33.4 Å². The number of rotatable bonds is 3. The zero-order valence-electron chi connectivity index (χ0n) is 13.1. The highest BCUT2D eigenvalue weighted by atomic mass is 35.5. The van der Waals surface area contributed by atoms with Gasteiger partial charge in [-0.05, 0) is 59.9 Å². The van der Waals surface area contributed by atoms with Crippen molar-refractivity contribution in [2.45, 2.75) is 13.8 Å². The molecule has 3 aromatic carbocycles. The summed E-state index contributed by atoms with van der Waals surface area (Å²) in [6.45, 7) is 3.60. The summed E-state index contributed by atoms with van der Waals surface area (Å²) in [5.74, 6) is 0.0760. The highest BCUT2D eigenvalue weighted by Crippen LogP contribution is 2.33. The molecule has 0 saturated carbocycles. The molecule has 0 aliphatic carbocycles. The monoisotopic (exact) mass is 320 g/mol. The fourth-order valence-electron chi connectivity index (χ4n) is 2.91. The molecule has 0 aromatic heterocycles. The van der Waals surface area contributed by atoms with Crippen LogP contribution in [0.2, 0.25) is 5.02 Å². The second-order valence-electron chi connectivity index (χ2n) is 5.64. The minimum atomic E-state index is 0.0760. The average molecular weight is 321 g/mol. The second kappa shape index (κ2) is 6.39. The van der Waals surface area contributed by atoms with Crippen LogP contribution < -0.4 is 0 Å². The Balaban J connectivity index is 2.25. The van der Waals surface area contributed by atoms with E-state index in [2.05, 4.69) is 24.3 Å². The van der Waals surface area contributed by atoms with Crippen molar-refractivity contribution < 1.29 is 4.79 Å². The van der Waals surface area contributed by atoms with E-state index in [1.54, 1.807) is 6.92 Å². The van der Waals surface area contributed by atoms with Crippen LogP contribution in [0.4, 0.5) is 0 Å². The summed E-state index contributed by atoms with van der Waals surface area (Å²) >= 11 is 5.99. The molecule has 0 radical (unpaired) electrons. The smallest absolute Gasteiger partial charge is 0.160 e. The maximum Gasteiger partial charge on any atom is 0.160 e. The van der Waals surface area contributed by atoms with Gasteiger partial charge in [0.15, 0.2) is 5.78 Å². The highest BCUT2D eigenvalue weighted by Gasteiger charge is 2.14. The summed E-state index contributed by atoms with van der Waals surface area (Å²) in [4.78, 5) is 12.1. The number of carbonyl (C=O) groups is 1. The molecule has 0 bridgehead atoms. The first-order chi connectivity index (χ1) is 11.1. The van der Waals surface area contributed by atoms with E-state index in [-0.39, 0.29) is 5.78 Å². The number of ketones is 1. The van der Waals surface area contributed by atoms with Crippen molar-refractivity contribution in [3.8, 4) is 22.3 Å². The Kier molecular flexibility index (Phi) is 4.31. The minimum Gasteiger partial charge on any atom is -0.294 e. The van der Waals surface area contributed by atoms with Gasteiger partial charge in [0, 0.05) is 10.6 Å². The third kappa shape index (κ3) is 3.20. The lowest BCUT2D eigenvalue weighted by atomic mass is 9.89. The van der Waals surface area contributed by atoms with Crippen LogP contribution in [0.5, 0.6) is 0 Å². The molecule has 0 aliphatic rings. The molecule has 0 fully saturated rings. The van der Waals surface area contributed by atoms with Gasteiger partial charge < -0.3 is 0 Å². The molecular formula is C21H17ClO. The molecule has 0 unspecified atom stereocenters. The zero-order chi connectivity index (χ0) is 16.4. The number of aryl methyl sites for hydroxylation is 1. The van der Waals surface area contributed by atoms with Crippen molar-refractivity contribution in [1.82, 2.24) is 0 Å². The van der Waals surface area contributed by atoms with Crippen molar-refractivity contribution in [3.05, 3.63) is 82.9 Å². The Morgan fingerprint density at radius 1 is 0.826 bits per heavy atom.